The van der Waals surface area contributed by atoms with Crippen LogP contribution in [0.5, 0.6) is 0 Å². The molecule has 0 amide bonds. The van der Waals surface area contributed by atoms with Crippen LogP contribution in [0.15, 0.2) is 36.8 Å². The van der Waals surface area contributed by atoms with Crippen LogP contribution in [0.2, 0.25) is 0 Å². The van der Waals surface area contributed by atoms with Crippen LogP contribution in [0.3, 0.4) is 0 Å². The predicted molar refractivity (Wildman–Crippen MR) is 97.7 cm³/mol. The molecule has 0 spiro atoms. The largest absolute Gasteiger partial charge is 0.329 e. The van der Waals surface area contributed by atoms with E-state index < -0.39 is 10.0 Å². The number of aryl methyl sites for hydroxylation is 1. The Morgan fingerprint density at radius 2 is 1.92 bits per heavy atom. The minimum atomic E-state index is -3.19. The Kier molecular flexibility index (Phi) is 4.45. The highest BCUT2D eigenvalue weighted by Gasteiger charge is 2.25. The van der Waals surface area contributed by atoms with E-state index in [0.717, 1.165) is 34.1 Å². The van der Waals surface area contributed by atoms with Gasteiger partial charge in [-0.1, -0.05) is 0 Å². The van der Waals surface area contributed by atoms with Crippen molar-refractivity contribution in [2.24, 2.45) is 0 Å². The van der Waals surface area contributed by atoms with E-state index in [-0.39, 0.29) is 5.75 Å². The molecule has 1 N–H and O–H groups in total. The van der Waals surface area contributed by atoms with Gasteiger partial charge in [0.15, 0.2) is 0 Å². The number of rotatable bonds is 6. The normalized spacial score (nSPS) is 15.8. The second-order valence-electron chi connectivity index (χ2n) is 6.00. The fourth-order valence-corrected chi connectivity index (χ4v) is 5.51. The molecule has 132 valence electrons. The van der Waals surface area contributed by atoms with Crippen LogP contribution in [0.4, 0.5) is 0 Å². The van der Waals surface area contributed by atoms with E-state index in [9.17, 15) is 8.42 Å². The average Bonchev–Trinajstić information content (AvgIpc) is 3.41. The Hall–Kier alpha value is -1.97. The molecule has 0 saturated carbocycles. The maximum Gasteiger partial charge on any atom is 0.215 e. The van der Waals surface area contributed by atoms with Crippen LogP contribution in [-0.2, 0) is 16.6 Å². The molecular formula is C16H19N5O2S2. The molecule has 0 atom stereocenters. The van der Waals surface area contributed by atoms with E-state index >= 15 is 0 Å². The van der Waals surface area contributed by atoms with Crippen LogP contribution in [0.1, 0.15) is 12.8 Å². The number of hydrogen-bond donors (Lipinski definition) is 1. The number of thiophene rings is 1. The minimum Gasteiger partial charge on any atom is -0.329 e. The van der Waals surface area contributed by atoms with Gasteiger partial charge in [-0.15, -0.1) is 11.3 Å². The van der Waals surface area contributed by atoms with Gasteiger partial charge in [0.1, 0.15) is 5.82 Å². The fourth-order valence-electron chi connectivity index (χ4n) is 3.02. The van der Waals surface area contributed by atoms with Crippen LogP contribution >= 0.6 is 11.3 Å². The van der Waals surface area contributed by atoms with Gasteiger partial charge in [-0.2, -0.15) is 5.10 Å². The zero-order valence-electron chi connectivity index (χ0n) is 13.6. The van der Waals surface area contributed by atoms with Crippen molar-refractivity contribution < 1.29 is 8.42 Å². The molecule has 7 nitrogen and oxygen atoms in total. The van der Waals surface area contributed by atoms with Crippen molar-refractivity contribution in [3.63, 3.8) is 0 Å². The molecule has 1 fully saturated rings. The van der Waals surface area contributed by atoms with Gasteiger partial charge in [-0.3, -0.25) is 5.10 Å². The minimum absolute atomic E-state index is 0.106. The third kappa shape index (κ3) is 3.39. The third-order valence-electron chi connectivity index (χ3n) is 4.36. The number of hydrogen-bond acceptors (Lipinski definition) is 5. The number of sulfonamides is 1. The molecule has 0 aromatic carbocycles. The van der Waals surface area contributed by atoms with E-state index in [4.69, 9.17) is 0 Å². The number of aromatic amines is 1. The fraction of sp³-hybridized carbons (Fsp3) is 0.375. The van der Waals surface area contributed by atoms with Gasteiger partial charge in [0.05, 0.1) is 21.2 Å². The number of nitrogens with one attached hydrogen (secondary N) is 1. The molecule has 1 aliphatic rings. The summed E-state index contributed by atoms with van der Waals surface area (Å²) in [5, 5.41) is 6.92. The highest BCUT2D eigenvalue weighted by atomic mass is 32.2. The summed E-state index contributed by atoms with van der Waals surface area (Å²) in [5.74, 6) is 0.905. The molecule has 0 radical (unpaired) electrons. The molecule has 9 heteroatoms. The summed E-state index contributed by atoms with van der Waals surface area (Å²) < 4.78 is 28.4. The first-order valence-electron chi connectivity index (χ1n) is 8.22. The highest BCUT2D eigenvalue weighted by Crippen LogP contribution is 2.32. The maximum absolute atomic E-state index is 12.4. The Morgan fingerprint density at radius 3 is 2.68 bits per heavy atom. The summed E-state index contributed by atoms with van der Waals surface area (Å²) in [6.45, 7) is 1.71. The van der Waals surface area contributed by atoms with Gasteiger partial charge in [-0.25, -0.2) is 17.7 Å². The summed E-state index contributed by atoms with van der Waals surface area (Å²) >= 11 is 1.61. The van der Waals surface area contributed by atoms with Crippen LogP contribution in [-0.4, -0.2) is 51.3 Å². The summed E-state index contributed by atoms with van der Waals surface area (Å²) in [6.07, 6.45) is 7.19. The summed E-state index contributed by atoms with van der Waals surface area (Å²) in [6, 6.07) is 5.95. The molecule has 25 heavy (non-hydrogen) atoms. The first kappa shape index (κ1) is 16.5. The van der Waals surface area contributed by atoms with E-state index in [1.54, 1.807) is 28.0 Å². The molecule has 4 heterocycles. The molecule has 1 saturated heterocycles. The van der Waals surface area contributed by atoms with Gasteiger partial charge in [-0.05, 0) is 31.0 Å². The Morgan fingerprint density at radius 1 is 1.12 bits per heavy atom. The molecule has 3 aromatic rings. The Labute approximate surface area is 150 Å². The smallest absolute Gasteiger partial charge is 0.215 e. The van der Waals surface area contributed by atoms with Crippen molar-refractivity contribution in [2.45, 2.75) is 19.4 Å². The van der Waals surface area contributed by atoms with Crippen molar-refractivity contribution in [3.8, 4) is 21.3 Å². The molecular weight excluding hydrogens is 358 g/mol. The van der Waals surface area contributed by atoms with E-state index in [2.05, 4.69) is 15.2 Å². The zero-order valence-corrected chi connectivity index (χ0v) is 15.3. The average molecular weight is 377 g/mol. The predicted octanol–water partition coefficient (Wildman–Crippen LogP) is 2.43. The number of H-pyrrole nitrogens is 1. The lowest BCUT2D eigenvalue weighted by Gasteiger charge is -2.16. The van der Waals surface area contributed by atoms with E-state index in [1.165, 1.54) is 0 Å². The maximum atomic E-state index is 12.4. The summed E-state index contributed by atoms with van der Waals surface area (Å²) in [5.41, 5.74) is 0.964. The van der Waals surface area contributed by atoms with Crippen molar-refractivity contribution in [1.29, 1.82) is 0 Å². The highest BCUT2D eigenvalue weighted by molar-refractivity contribution is 7.89. The molecule has 0 bridgehead atoms. The van der Waals surface area contributed by atoms with Gasteiger partial charge in [0, 0.05) is 38.2 Å². The number of imidazole rings is 1. The van der Waals surface area contributed by atoms with Crippen molar-refractivity contribution in [3.05, 3.63) is 36.8 Å². The van der Waals surface area contributed by atoms with Gasteiger partial charge < -0.3 is 4.57 Å². The molecule has 1 aliphatic heterocycles. The first-order valence-corrected chi connectivity index (χ1v) is 10.6. The monoisotopic (exact) mass is 377 g/mol. The van der Waals surface area contributed by atoms with Crippen molar-refractivity contribution >= 4 is 21.4 Å². The van der Waals surface area contributed by atoms with Crippen LogP contribution in [0, 0.1) is 0 Å². The molecule has 4 rings (SSSR count). The third-order valence-corrected chi connectivity index (χ3v) is 7.32. The van der Waals surface area contributed by atoms with Crippen LogP contribution < -0.4 is 0 Å². The topological polar surface area (TPSA) is 83.9 Å². The zero-order chi connectivity index (χ0) is 17.3. The lowest BCUT2D eigenvalue weighted by molar-refractivity contribution is 0.474. The SMILES string of the molecule is O=S(=O)(CCn1ccnc1-c1ccc(-c2ccn[nH]2)s1)N1CCCC1. The standard InChI is InChI=1S/C16H19N5O2S2/c22-25(23,21-8-1-2-9-21)12-11-20-10-7-17-16(20)15-4-3-14(24-15)13-5-6-18-19-13/h3-7,10H,1-2,8-9,11-12H2,(H,18,19). The second-order valence-corrected chi connectivity index (χ2v) is 9.17. The quantitative estimate of drug-likeness (QED) is 0.715. The molecule has 0 unspecified atom stereocenters. The van der Waals surface area contributed by atoms with E-state index in [0.29, 0.717) is 19.6 Å². The summed E-state index contributed by atoms with van der Waals surface area (Å²) in [4.78, 5) is 6.50. The molecule has 3 aromatic heterocycles. The van der Waals surface area contributed by atoms with Gasteiger partial charge in [0.2, 0.25) is 10.0 Å². The van der Waals surface area contributed by atoms with Crippen molar-refractivity contribution in [2.75, 3.05) is 18.8 Å². The second kappa shape index (κ2) is 6.74. The van der Waals surface area contributed by atoms with E-state index in [1.807, 2.05) is 29.0 Å². The molecule has 0 aliphatic carbocycles. The van der Waals surface area contributed by atoms with Crippen molar-refractivity contribution in [1.82, 2.24) is 24.1 Å². The Bertz CT molecular complexity index is 937. The van der Waals surface area contributed by atoms with Gasteiger partial charge >= 0.3 is 0 Å². The lowest BCUT2D eigenvalue weighted by atomic mass is 10.3. The summed E-state index contributed by atoms with van der Waals surface area (Å²) in [7, 11) is -3.19. The van der Waals surface area contributed by atoms with Crippen LogP contribution in [0.25, 0.3) is 21.3 Å². The number of nitrogens with zero attached hydrogens (tertiary/aromatic N) is 4. The Balaban J connectivity index is 1.51. The van der Waals surface area contributed by atoms with Gasteiger partial charge in [0.25, 0.3) is 0 Å². The first-order chi connectivity index (χ1) is 12.1. The number of aromatic nitrogens is 4. The lowest BCUT2D eigenvalue weighted by Crippen LogP contribution is -2.31.